The number of methoxy groups -OCH3 is 1. The molecule has 0 heterocycles. The lowest BCUT2D eigenvalue weighted by Crippen LogP contribution is -2.36. The lowest BCUT2D eigenvalue weighted by Gasteiger charge is -2.15. The minimum atomic E-state index is -2.87. The Kier molecular flexibility index (Phi) is 7.29. The van der Waals surface area contributed by atoms with Crippen LogP contribution in [-0.2, 0) is 9.53 Å². The normalized spacial score (nSPS) is 12.7. The lowest BCUT2D eigenvalue weighted by atomic mass is 10.0. The molecule has 0 aromatic heterocycles. The van der Waals surface area contributed by atoms with Gasteiger partial charge in [0.15, 0.2) is 0 Å². The van der Waals surface area contributed by atoms with Crippen LogP contribution in [0.25, 0.3) is 11.6 Å². The van der Waals surface area contributed by atoms with Crippen LogP contribution in [0, 0.1) is 0 Å². The van der Waals surface area contributed by atoms with Gasteiger partial charge in [-0.15, -0.1) is 0 Å². The van der Waals surface area contributed by atoms with Crippen molar-refractivity contribution in [1.29, 1.82) is 0 Å². The fourth-order valence-electron chi connectivity index (χ4n) is 2.40. The van der Waals surface area contributed by atoms with Gasteiger partial charge < -0.3 is 14.8 Å². The number of halogens is 2. The maximum atomic E-state index is 12.7. The summed E-state index contributed by atoms with van der Waals surface area (Å²) in [6.07, 6.45) is 1.70. The number of hydrogen-bond acceptors (Lipinski definition) is 3. The van der Waals surface area contributed by atoms with E-state index in [9.17, 15) is 13.6 Å². The molecule has 0 unspecified atom stereocenters. The summed E-state index contributed by atoms with van der Waals surface area (Å²) in [6, 6.07) is 15.2. The number of rotatable bonds is 8. The van der Waals surface area contributed by atoms with Crippen LogP contribution in [0.1, 0.15) is 18.1 Å². The summed E-state index contributed by atoms with van der Waals surface area (Å²) in [5.74, 6) is -0.176. The highest BCUT2D eigenvalue weighted by molar-refractivity contribution is 6.24. The molecule has 2 aromatic carbocycles. The van der Waals surface area contributed by atoms with Crippen molar-refractivity contribution < 1.29 is 23.0 Å². The molecule has 1 atom stereocenters. The molecule has 1 amide bonds. The van der Waals surface area contributed by atoms with Crippen molar-refractivity contribution in [3.8, 4) is 5.75 Å². The zero-order valence-electron chi connectivity index (χ0n) is 14.6. The van der Waals surface area contributed by atoms with E-state index in [1.54, 1.807) is 25.3 Å². The predicted molar refractivity (Wildman–Crippen MR) is 96.9 cm³/mol. The van der Waals surface area contributed by atoms with Crippen molar-refractivity contribution in [3.63, 3.8) is 0 Å². The molecule has 0 spiro atoms. The molecule has 0 saturated carbocycles. The SMILES string of the molecule is COC[C@H](C)NC(=O)/C(=C/c1ccc(OC(F)F)cc1)c1ccccc1. The number of carbonyl (C=O) groups excluding carboxylic acids is 1. The molecular weight excluding hydrogens is 340 g/mol. The second-order valence-corrected chi connectivity index (χ2v) is 5.70. The van der Waals surface area contributed by atoms with E-state index < -0.39 is 6.61 Å². The first kappa shape index (κ1) is 19.6. The van der Waals surface area contributed by atoms with E-state index in [1.165, 1.54) is 12.1 Å². The van der Waals surface area contributed by atoms with Gasteiger partial charge in [0.05, 0.1) is 6.61 Å². The Bertz CT molecular complexity index is 730. The van der Waals surface area contributed by atoms with E-state index >= 15 is 0 Å². The standard InChI is InChI=1S/C20H21F2NO3/c1-14(13-25-2)23-19(24)18(16-6-4-3-5-7-16)12-15-8-10-17(11-9-15)26-20(21)22/h3-12,14,20H,13H2,1-2H3,(H,23,24)/b18-12+/t14-/m0/s1. The van der Waals surface area contributed by atoms with Crippen molar-refractivity contribution in [2.75, 3.05) is 13.7 Å². The Labute approximate surface area is 151 Å². The summed E-state index contributed by atoms with van der Waals surface area (Å²) >= 11 is 0. The van der Waals surface area contributed by atoms with Crippen molar-refractivity contribution in [2.24, 2.45) is 0 Å². The van der Waals surface area contributed by atoms with Gasteiger partial charge in [-0.2, -0.15) is 8.78 Å². The van der Waals surface area contributed by atoms with E-state index in [-0.39, 0.29) is 17.7 Å². The Morgan fingerprint density at radius 1 is 1.12 bits per heavy atom. The highest BCUT2D eigenvalue weighted by atomic mass is 19.3. The van der Waals surface area contributed by atoms with Crippen molar-refractivity contribution in [3.05, 3.63) is 65.7 Å². The molecule has 4 nitrogen and oxygen atoms in total. The topological polar surface area (TPSA) is 47.6 Å². The lowest BCUT2D eigenvalue weighted by molar-refractivity contribution is -0.116. The van der Waals surface area contributed by atoms with Crippen LogP contribution in [0.2, 0.25) is 0 Å². The van der Waals surface area contributed by atoms with E-state index in [1.807, 2.05) is 37.3 Å². The van der Waals surface area contributed by atoms with Gasteiger partial charge in [-0.1, -0.05) is 42.5 Å². The number of alkyl halides is 2. The summed E-state index contributed by atoms with van der Waals surface area (Å²) in [4.78, 5) is 12.7. The average Bonchev–Trinajstić information content (AvgIpc) is 2.61. The molecule has 0 aliphatic carbocycles. The molecule has 26 heavy (non-hydrogen) atoms. The molecule has 6 heteroatoms. The van der Waals surface area contributed by atoms with Gasteiger partial charge in [0.2, 0.25) is 0 Å². The van der Waals surface area contributed by atoms with Gasteiger partial charge >= 0.3 is 6.61 Å². The van der Waals surface area contributed by atoms with Crippen molar-refractivity contribution in [2.45, 2.75) is 19.6 Å². The summed E-state index contributed by atoms with van der Waals surface area (Å²) in [5, 5.41) is 2.88. The van der Waals surface area contributed by atoms with Crippen LogP contribution in [-0.4, -0.2) is 32.3 Å². The predicted octanol–water partition coefficient (Wildman–Crippen LogP) is 3.98. The minimum absolute atomic E-state index is 0.0663. The third kappa shape index (κ3) is 5.97. The molecule has 2 rings (SSSR count). The van der Waals surface area contributed by atoms with E-state index in [2.05, 4.69) is 10.1 Å². The fourth-order valence-corrected chi connectivity index (χ4v) is 2.40. The van der Waals surface area contributed by atoms with E-state index in [0.29, 0.717) is 17.7 Å². The number of amides is 1. The maximum Gasteiger partial charge on any atom is 0.387 e. The Hall–Kier alpha value is -2.73. The molecule has 0 aliphatic heterocycles. The van der Waals surface area contributed by atoms with Gasteiger partial charge in [0.1, 0.15) is 5.75 Å². The molecule has 0 saturated heterocycles. The average molecular weight is 361 g/mol. The molecule has 0 bridgehead atoms. The smallest absolute Gasteiger partial charge is 0.387 e. The number of ether oxygens (including phenoxy) is 2. The van der Waals surface area contributed by atoms with Gasteiger partial charge in [0.25, 0.3) is 5.91 Å². The summed E-state index contributed by atoms with van der Waals surface area (Å²) in [7, 11) is 1.57. The third-order valence-corrected chi connectivity index (χ3v) is 3.54. The zero-order valence-corrected chi connectivity index (χ0v) is 14.6. The first-order valence-corrected chi connectivity index (χ1v) is 8.11. The van der Waals surface area contributed by atoms with Crippen molar-refractivity contribution >= 4 is 17.6 Å². The Morgan fingerprint density at radius 3 is 2.35 bits per heavy atom. The molecular formula is C20H21F2NO3. The summed E-state index contributed by atoms with van der Waals surface area (Å²) < 4.78 is 33.9. The maximum absolute atomic E-state index is 12.7. The van der Waals surface area contributed by atoms with E-state index in [0.717, 1.165) is 5.56 Å². The first-order valence-electron chi connectivity index (χ1n) is 8.11. The molecule has 0 aliphatic rings. The highest BCUT2D eigenvalue weighted by Gasteiger charge is 2.14. The van der Waals surface area contributed by atoms with Crippen LogP contribution in [0.15, 0.2) is 54.6 Å². The van der Waals surface area contributed by atoms with Crippen LogP contribution < -0.4 is 10.1 Å². The largest absolute Gasteiger partial charge is 0.435 e. The summed E-state index contributed by atoms with van der Waals surface area (Å²) in [5.41, 5.74) is 1.92. The second kappa shape index (κ2) is 9.68. The number of benzene rings is 2. The van der Waals surface area contributed by atoms with Gasteiger partial charge in [-0.3, -0.25) is 4.79 Å². The van der Waals surface area contributed by atoms with Gasteiger partial charge in [0, 0.05) is 18.7 Å². The first-order chi connectivity index (χ1) is 12.5. The summed E-state index contributed by atoms with van der Waals surface area (Å²) in [6.45, 7) is -0.627. The number of carbonyl (C=O) groups is 1. The number of nitrogens with one attached hydrogen (secondary N) is 1. The third-order valence-electron chi connectivity index (χ3n) is 3.54. The molecule has 0 fully saturated rings. The molecule has 2 aromatic rings. The van der Waals surface area contributed by atoms with Crippen LogP contribution in [0.3, 0.4) is 0 Å². The molecule has 1 N–H and O–H groups in total. The highest BCUT2D eigenvalue weighted by Crippen LogP contribution is 2.21. The Balaban J connectivity index is 2.28. The molecule has 138 valence electrons. The fraction of sp³-hybridized carbons (Fsp3) is 0.250. The Morgan fingerprint density at radius 2 is 1.77 bits per heavy atom. The van der Waals surface area contributed by atoms with Gasteiger partial charge in [-0.05, 0) is 36.3 Å². The van der Waals surface area contributed by atoms with E-state index in [4.69, 9.17) is 4.74 Å². The van der Waals surface area contributed by atoms with Crippen LogP contribution in [0.4, 0.5) is 8.78 Å². The zero-order chi connectivity index (χ0) is 18.9. The number of hydrogen-bond donors (Lipinski definition) is 1. The quantitative estimate of drug-likeness (QED) is 0.571. The monoisotopic (exact) mass is 361 g/mol. The van der Waals surface area contributed by atoms with Crippen LogP contribution in [0.5, 0.6) is 5.75 Å². The minimum Gasteiger partial charge on any atom is -0.435 e. The second-order valence-electron chi connectivity index (χ2n) is 5.70. The van der Waals surface area contributed by atoms with Gasteiger partial charge in [-0.25, -0.2) is 0 Å². The van der Waals surface area contributed by atoms with Crippen LogP contribution >= 0.6 is 0 Å². The van der Waals surface area contributed by atoms with Crippen molar-refractivity contribution in [1.82, 2.24) is 5.32 Å². The molecule has 0 radical (unpaired) electrons.